The zero-order valence-corrected chi connectivity index (χ0v) is 15.3. The van der Waals surface area contributed by atoms with Gasteiger partial charge in [0.25, 0.3) is 0 Å². The van der Waals surface area contributed by atoms with E-state index in [1.165, 1.54) is 12.1 Å². The molecule has 2 heterocycles. The van der Waals surface area contributed by atoms with E-state index in [9.17, 15) is 13.6 Å². The molecular formula is C21H25F2NO3. The van der Waals surface area contributed by atoms with Crippen LogP contribution in [0.5, 0.6) is 0 Å². The summed E-state index contributed by atoms with van der Waals surface area (Å²) in [6, 6.07) is 4.26. The molecule has 2 aliphatic heterocycles. The van der Waals surface area contributed by atoms with Crippen LogP contribution in [-0.2, 0) is 19.7 Å². The zero-order valence-electron chi connectivity index (χ0n) is 15.3. The van der Waals surface area contributed by atoms with Crippen LogP contribution >= 0.6 is 0 Å². The molecular weight excluding hydrogens is 352 g/mol. The molecule has 2 unspecified atom stereocenters. The van der Waals surface area contributed by atoms with Gasteiger partial charge in [-0.25, -0.2) is 8.78 Å². The molecule has 0 spiro atoms. The van der Waals surface area contributed by atoms with Crippen LogP contribution in [0, 0.1) is 11.6 Å². The maximum atomic E-state index is 14.0. The Kier molecular flexibility index (Phi) is 5.28. The fourth-order valence-electron chi connectivity index (χ4n) is 4.57. The van der Waals surface area contributed by atoms with Gasteiger partial charge in [-0.05, 0) is 43.4 Å². The van der Waals surface area contributed by atoms with E-state index in [0.29, 0.717) is 44.6 Å². The Hall–Kier alpha value is -1.79. The van der Waals surface area contributed by atoms with Crippen LogP contribution in [0.1, 0.15) is 44.1 Å². The average Bonchev–Trinajstić information content (AvgIpc) is 3.19. The Morgan fingerprint density at radius 3 is 2.67 bits per heavy atom. The van der Waals surface area contributed by atoms with E-state index in [2.05, 4.69) is 12.2 Å². The van der Waals surface area contributed by atoms with Gasteiger partial charge in [0.1, 0.15) is 0 Å². The smallest absolute Gasteiger partial charge is 0.222 e. The van der Waals surface area contributed by atoms with Crippen LogP contribution in [-0.4, -0.2) is 42.9 Å². The summed E-state index contributed by atoms with van der Waals surface area (Å²) in [6.07, 6.45) is 8.14. The molecule has 4 nitrogen and oxygen atoms in total. The molecule has 3 aliphatic rings. The molecule has 1 amide bonds. The van der Waals surface area contributed by atoms with Crippen molar-refractivity contribution in [2.45, 2.75) is 56.3 Å². The Morgan fingerprint density at radius 1 is 1.15 bits per heavy atom. The van der Waals surface area contributed by atoms with Gasteiger partial charge in [0.05, 0.1) is 13.2 Å². The minimum atomic E-state index is -0.858. The molecule has 0 aromatic heterocycles. The second-order valence-electron chi connectivity index (χ2n) is 7.74. The maximum Gasteiger partial charge on any atom is 0.222 e. The topological polar surface area (TPSA) is 38.8 Å². The highest BCUT2D eigenvalue weighted by atomic mass is 19.2. The zero-order chi connectivity index (χ0) is 18.9. The predicted molar refractivity (Wildman–Crippen MR) is 96.1 cm³/mol. The standard InChI is InChI=1S/C21H25F2NO3/c22-17-7-6-15(12-18(17)23)21(13-20-26-10-11-27-20)9-8-19(25)24(14-21)16-4-2-1-3-5-16/h1-2,6-7,12,16,20H,3-5,8-11,13-14H2. The van der Waals surface area contributed by atoms with Crippen LogP contribution in [0.25, 0.3) is 0 Å². The summed E-state index contributed by atoms with van der Waals surface area (Å²) in [4.78, 5) is 14.6. The Morgan fingerprint density at radius 2 is 1.96 bits per heavy atom. The van der Waals surface area contributed by atoms with Gasteiger partial charge in [-0.2, -0.15) is 0 Å². The Labute approximate surface area is 158 Å². The molecule has 146 valence electrons. The van der Waals surface area contributed by atoms with E-state index in [-0.39, 0.29) is 18.2 Å². The molecule has 1 aromatic carbocycles. The highest BCUT2D eigenvalue weighted by molar-refractivity contribution is 5.78. The van der Waals surface area contributed by atoms with Gasteiger partial charge in [-0.3, -0.25) is 4.79 Å². The van der Waals surface area contributed by atoms with Gasteiger partial charge in [0.15, 0.2) is 17.9 Å². The molecule has 4 rings (SSSR count). The SMILES string of the molecule is O=C1CCC(CC2OCCO2)(c2ccc(F)c(F)c2)CN1C1CC=CCC1. The minimum absolute atomic E-state index is 0.141. The molecule has 0 saturated carbocycles. The minimum Gasteiger partial charge on any atom is -0.350 e. The third-order valence-corrected chi connectivity index (χ3v) is 6.07. The second kappa shape index (κ2) is 7.68. The van der Waals surface area contributed by atoms with Crippen LogP contribution in [0.3, 0.4) is 0 Å². The van der Waals surface area contributed by atoms with Crippen molar-refractivity contribution in [3.05, 3.63) is 47.5 Å². The largest absolute Gasteiger partial charge is 0.350 e. The number of rotatable bonds is 4. The molecule has 6 heteroatoms. The van der Waals surface area contributed by atoms with Crippen molar-refractivity contribution in [1.82, 2.24) is 4.90 Å². The van der Waals surface area contributed by atoms with Gasteiger partial charge < -0.3 is 14.4 Å². The number of nitrogens with zero attached hydrogens (tertiary/aromatic N) is 1. The van der Waals surface area contributed by atoms with E-state index < -0.39 is 17.0 Å². The maximum absolute atomic E-state index is 14.0. The highest BCUT2D eigenvalue weighted by Crippen LogP contribution is 2.42. The van der Waals surface area contributed by atoms with Crippen molar-refractivity contribution in [3.8, 4) is 0 Å². The summed E-state index contributed by atoms with van der Waals surface area (Å²) >= 11 is 0. The molecule has 1 aromatic rings. The quantitative estimate of drug-likeness (QED) is 0.751. The first-order valence-corrected chi connectivity index (χ1v) is 9.71. The molecule has 2 atom stereocenters. The first-order chi connectivity index (χ1) is 13.1. The molecule has 2 saturated heterocycles. The monoisotopic (exact) mass is 377 g/mol. The number of piperidine rings is 1. The summed E-state index contributed by atoms with van der Waals surface area (Å²) in [5.74, 6) is -1.57. The van der Waals surface area contributed by atoms with Gasteiger partial charge in [0.2, 0.25) is 5.91 Å². The number of amides is 1. The molecule has 0 N–H and O–H groups in total. The normalized spacial score (nSPS) is 29.5. The van der Waals surface area contributed by atoms with Gasteiger partial charge in [-0.15, -0.1) is 0 Å². The molecule has 0 radical (unpaired) electrons. The van der Waals surface area contributed by atoms with E-state index in [1.807, 2.05) is 4.90 Å². The number of hydrogen-bond acceptors (Lipinski definition) is 3. The van der Waals surface area contributed by atoms with E-state index in [0.717, 1.165) is 19.3 Å². The van der Waals surface area contributed by atoms with Crippen LogP contribution < -0.4 is 0 Å². The predicted octanol–water partition coefficient (Wildman–Crippen LogP) is 3.70. The van der Waals surface area contributed by atoms with Gasteiger partial charge in [-0.1, -0.05) is 18.2 Å². The summed E-state index contributed by atoms with van der Waals surface area (Å²) in [6.45, 7) is 1.56. The number of halogens is 2. The van der Waals surface area contributed by atoms with Gasteiger partial charge >= 0.3 is 0 Å². The number of allylic oxidation sites excluding steroid dienone is 1. The Bertz CT molecular complexity index is 732. The lowest BCUT2D eigenvalue weighted by molar-refractivity contribution is -0.141. The number of likely N-dealkylation sites (tertiary alicyclic amines) is 1. The van der Waals surface area contributed by atoms with Crippen molar-refractivity contribution in [3.63, 3.8) is 0 Å². The van der Waals surface area contributed by atoms with Crippen LogP contribution in [0.15, 0.2) is 30.4 Å². The van der Waals surface area contributed by atoms with Crippen molar-refractivity contribution in [2.75, 3.05) is 19.8 Å². The summed E-state index contributed by atoms with van der Waals surface area (Å²) in [7, 11) is 0. The third kappa shape index (κ3) is 3.78. The lowest BCUT2D eigenvalue weighted by Gasteiger charge is -2.47. The number of carbonyl (C=O) groups is 1. The average molecular weight is 377 g/mol. The first-order valence-electron chi connectivity index (χ1n) is 9.71. The number of carbonyl (C=O) groups excluding carboxylic acids is 1. The van der Waals surface area contributed by atoms with E-state index in [4.69, 9.17) is 9.47 Å². The molecule has 1 aliphatic carbocycles. The van der Waals surface area contributed by atoms with Gasteiger partial charge in [0, 0.05) is 30.8 Å². The van der Waals surface area contributed by atoms with E-state index >= 15 is 0 Å². The van der Waals surface area contributed by atoms with Crippen LogP contribution in [0.2, 0.25) is 0 Å². The summed E-state index contributed by atoms with van der Waals surface area (Å²) < 4.78 is 38.9. The second-order valence-corrected chi connectivity index (χ2v) is 7.74. The number of benzene rings is 1. The summed E-state index contributed by atoms with van der Waals surface area (Å²) in [5.41, 5.74) is 0.211. The van der Waals surface area contributed by atoms with Crippen LogP contribution in [0.4, 0.5) is 8.78 Å². The molecule has 0 bridgehead atoms. The Balaban J connectivity index is 1.66. The van der Waals surface area contributed by atoms with Crippen molar-refractivity contribution in [1.29, 1.82) is 0 Å². The number of hydrogen-bond donors (Lipinski definition) is 0. The number of ether oxygens (including phenoxy) is 2. The fourth-order valence-corrected chi connectivity index (χ4v) is 4.57. The third-order valence-electron chi connectivity index (χ3n) is 6.07. The molecule has 27 heavy (non-hydrogen) atoms. The summed E-state index contributed by atoms with van der Waals surface area (Å²) in [5, 5.41) is 0. The van der Waals surface area contributed by atoms with Crippen molar-refractivity contribution < 1.29 is 23.0 Å². The highest BCUT2D eigenvalue weighted by Gasteiger charge is 2.44. The first kappa shape index (κ1) is 18.6. The van der Waals surface area contributed by atoms with Crippen molar-refractivity contribution in [2.24, 2.45) is 0 Å². The molecule has 2 fully saturated rings. The lowest BCUT2D eigenvalue weighted by atomic mass is 9.70. The van der Waals surface area contributed by atoms with Crippen molar-refractivity contribution >= 4 is 5.91 Å². The lowest BCUT2D eigenvalue weighted by Crippen LogP contribution is -2.54. The fraction of sp³-hybridized carbons (Fsp3) is 0.571. The van der Waals surface area contributed by atoms with E-state index in [1.54, 1.807) is 6.07 Å².